The van der Waals surface area contributed by atoms with E-state index in [1.807, 2.05) is 0 Å². The predicted molar refractivity (Wildman–Crippen MR) is 92.6 cm³/mol. The molecule has 2 aromatic rings. The van der Waals surface area contributed by atoms with Crippen LogP contribution in [0, 0.1) is 0 Å². The summed E-state index contributed by atoms with van der Waals surface area (Å²) in [6.45, 7) is 0. The number of fused-ring (bicyclic) bond motifs is 2. The maximum Gasteiger partial charge on any atom is 0.0413 e. The van der Waals surface area contributed by atoms with E-state index >= 15 is 0 Å². The third-order valence-electron chi connectivity index (χ3n) is 5.51. The summed E-state index contributed by atoms with van der Waals surface area (Å²) in [6, 6.07) is 23.9. The number of benzene rings is 2. The van der Waals surface area contributed by atoms with E-state index in [9.17, 15) is 0 Å². The minimum absolute atomic E-state index is 0.610. The third-order valence-corrected chi connectivity index (χ3v) is 5.51. The van der Waals surface area contributed by atoms with Gasteiger partial charge in [-0.1, -0.05) is 36.4 Å². The van der Waals surface area contributed by atoms with Crippen LogP contribution in [0.25, 0.3) is 0 Å². The van der Waals surface area contributed by atoms with Gasteiger partial charge in [-0.05, 0) is 57.0 Å². The minimum atomic E-state index is 0.610. The molecular formula is C20H24N2. The average molecular weight is 292 g/mol. The van der Waals surface area contributed by atoms with Crippen LogP contribution >= 0.6 is 0 Å². The van der Waals surface area contributed by atoms with Gasteiger partial charge in [0.05, 0.1) is 0 Å². The molecule has 2 saturated heterocycles. The van der Waals surface area contributed by atoms with Crippen molar-refractivity contribution in [1.29, 1.82) is 0 Å². The second kappa shape index (κ2) is 5.77. The largest absolute Gasteiger partial charge is 0.338 e. The molecule has 2 heterocycles. The molecular weight excluding hydrogens is 268 g/mol. The van der Waals surface area contributed by atoms with E-state index in [0.717, 1.165) is 12.1 Å². The van der Waals surface area contributed by atoms with Crippen LogP contribution < -0.4 is 4.90 Å². The van der Waals surface area contributed by atoms with Crippen molar-refractivity contribution < 1.29 is 0 Å². The monoisotopic (exact) mass is 292 g/mol. The van der Waals surface area contributed by atoms with Crippen LogP contribution in [0.1, 0.15) is 25.7 Å². The molecule has 0 spiro atoms. The number of piperidine rings is 1. The van der Waals surface area contributed by atoms with Gasteiger partial charge in [0.2, 0.25) is 0 Å². The maximum absolute atomic E-state index is 2.62. The Morgan fingerprint density at radius 3 is 1.68 bits per heavy atom. The fourth-order valence-electron chi connectivity index (χ4n) is 4.34. The van der Waals surface area contributed by atoms with Crippen molar-refractivity contribution in [3.05, 3.63) is 60.7 Å². The summed E-state index contributed by atoms with van der Waals surface area (Å²) in [5.74, 6) is 0. The fraction of sp³-hybridized carbons (Fsp3) is 0.400. The highest BCUT2D eigenvalue weighted by Crippen LogP contribution is 2.40. The first-order valence-corrected chi connectivity index (χ1v) is 8.44. The Balaban J connectivity index is 1.69. The number of nitrogens with zero attached hydrogens (tertiary/aromatic N) is 2. The molecule has 2 atom stereocenters. The zero-order chi connectivity index (χ0) is 14.9. The Kier molecular flexibility index (Phi) is 3.63. The number of anilines is 2. The highest BCUT2D eigenvalue weighted by atomic mass is 15.2. The molecule has 2 fully saturated rings. The van der Waals surface area contributed by atoms with E-state index in [4.69, 9.17) is 0 Å². The highest BCUT2D eigenvalue weighted by molar-refractivity contribution is 5.64. The molecule has 4 rings (SSSR count). The van der Waals surface area contributed by atoms with Crippen LogP contribution in [0.3, 0.4) is 0 Å². The standard InChI is InChI=1S/C20H24N2/c1-21-18-12-13-19(21)15-20(14-18)22(16-8-4-2-5-9-16)17-10-6-3-7-11-17/h2-11,18-20H,12-15H2,1H3. The van der Waals surface area contributed by atoms with Gasteiger partial charge in [0.15, 0.2) is 0 Å². The molecule has 2 aliphatic heterocycles. The Bertz CT molecular complexity index is 557. The van der Waals surface area contributed by atoms with Gasteiger partial charge in [0.1, 0.15) is 0 Å². The van der Waals surface area contributed by atoms with Crippen molar-refractivity contribution in [1.82, 2.24) is 4.90 Å². The second-order valence-corrected chi connectivity index (χ2v) is 6.72. The zero-order valence-corrected chi connectivity index (χ0v) is 13.2. The number of hydrogen-bond acceptors (Lipinski definition) is 2. The molecule has 2 aliphatic rings. The molecule has 2 unspecified atom stereocenters. The van der Waals surface area contributed by atoms with Gasteiger partial charge < -0.3 is 9.80 Å². The van der Waals surface area contributed by atoms with Crippen molar-refractivity contribution >= 4 is 11.4 Å². The van der Waals surface area contributed by atoms with Crippen LogP contribution in [0.5, 0.6) is 0 Å². The number of para-hydroxylation sites is 2. The van der Waals surface area contributed by atoms with E-state index < -0.39 is 0 Å². The van der Waals surface area contributed by atoms with Gasteiger partial charge in [0, 0.05) is 29.5 Å². The lowest BCUT2D eigenvalue weighted by molar-refractivity contribution is 0.162. The van der Waals surface area contributed by atoms with Crippen LogP contribution in [-0.4, -0.2) is 30.1 Å². The zero-order valence-electron chi connectivity index (χ0n) is 13.2. The van der Waals surface area contributed by atoms with Crippen molar-refractivity contribution in [3.8, 4) is 0 Å². The topological polar surface area (TPSA) is 6.48 Å². The van der Waals surface area contributed by atoms with Crippen molar-refractivity contribution in [2.45, 2.75) is 43.8 Å². The summed E-state index contributed by atoms with van der Waals surface area (Å²) in [7, 11) is 2.31. The van der Waals surface area contributed by atoms with E-state index in [1.54, 1.807) is 0 Å². The molecule has 0 amide bonds. The van der Waals surface area contributed by atoms with E-state index in [0.29, 0.717) is 6.04 Å². The van der Waals surface area contributed by atoms with Crippen molar-refractivity contribution in [2.75, 3.05) is 11.9 Å². The Hall–Kier alpha value is -1.80. The molecule has 2 nitrogen and oxygen atoms in total. The molecule has 0 aromatic heterocycles. The average Bonchev–Trinajstić information content (AvgIpc) is 2.78. The second-order valence-electron chi connectivity index (χ2n) is 6.72. The first-order chi connectivity index (χ1) is 10.8. The quantitative estimate of drug-likeness (QED) is 0.824. The lowest BCUT2D eigenvalue weighted by Gasteiger charge is -2.43. The minimum Gasteiger partial charge on any atom is -0.338 e. The van der Waals surface area contributed by atoms with Crippen LogP contribution in [0.4, 0.5) is 11.4 Å². The van der Waals surface area contributed by atoms with Crippen LogP contribution in [0.2, 0.25) is 0 Å². The molecule has 2 bridgehead atoms. The molecule has 0 radical (unpaired) electrons. The van der Waals surface area contributed by atoms with E-state index in [2.05, 4.69) is 77.5 Å². The molecule has 0 saturated carbocycles. The van der Waals surface area contributed by atoms with Gasteiger partial charge in [-0.15, -0.1) is 0 Å². The number of rotatable bonds is 3. The highest BCUT2D eigenvalue weighted by Gasteiger charge is 2.40. The van der Waals surface area contributed by atoms with E-state index in [1.165, 1.54) is 37.1 Å². The van der Waals surface area contributed by atoms with Gasteiger partial charge >= 0.3 is 0 Å². The Labute approximate surface area is 133 Å². The van der Waals surface area contributed by atoms with Gasteiger partial charge in [0.25, 0.3) is 0 Å². The molecule has 2 aromatic carbocycles. The predicted octanol–water partition coefficient (Wildman–Crippen LogP) is 4.45. The molecule has 114 valence electrons. The Morgan fingerprint density at radius 2 is 1.23 bits per heavy atom. The number of hydrogen-bond donors (Lipinski definition) is 0. The summed E-state index contributed by atoms with van der Waals surface area (Å²) in [6.07, 6.45) is 5.29. The first-order valence-electron chi connectivity index (χ1n) is 8.44. The van der Waals surface area contributed by atoms with Gasteiger partial charge in [-0.25, -0.2) is 0 Å². The lowest BCUT2D eigenvalue weighted by Crippen LogP contribution is -2.47. The summed E-state index contributed by atoms with van der Waals surface area (Å²) >= 11 is 0. The van der Waals surface area contributed by atoms with Crippen LogP contribution in [-0.2, 0) is 0 Å². The molecule has 0 N–H and O–H groups in total. The lowest BCUT2D eigenvalue weighted by atomic mass is 9.95. The van der Waals surface area contributed by atoms with E-state index in [-0.39, 0.29) is 0 Å². The summed E-state index contributed by atoms with van der Waals surface area (Å²) in [4.78, 5) is 5.18. The molecule has 22 heavy (non-hydrogen) atoms. The molecule has 0 aliphatic carbocycles. The van der Waals surface area contributed by atoms with Crippen molar-refractivity contribution in [3.63, 3.8) is 0 Å². The fourth-order valence-corrected chi connectivity index (χ4v) is 4.34. The summed E-state index contributed by atoms with van der Waals surface area (Å²) < 4.78 is 0. The molecule has 2 heteroatoms. The summed E-state index contributed by atoms with van der Waals surface area (Å²) in [5.41, 5.74) is 2.64. The first kappa shape index (κ1) is 13.8. The smallest absolute Gasteiger partial charge is 0.0413 e. The van der Waals surface area contributed by atoms with Crippen molar-refractivity contribution in [2.24, 2.45) is 0 Å². The van der Waals surface area contributed by atoms with Gasteiger partial charge in [-0.3, -0.25) is 0 Å². The normalized spacial score (nSPS) is 27.8. The third kappa shape index (κ3) is 2.42. The van der Waals surface area contributed by atoms with Gasteiger partial charge in [-0.2, -0.15) is 0 Å². The Morgan fingerprint density at radius 1 is 0.773 bits per heavy atom. The van der Waals surface area contributed by atoms with Crippen LogP contribution in [0.15, 0.2) is 60.7 Å². The maximum atomic E-state index is 2.62. The SMILES string of the molecule is CN1C2CCC1CC(N(c1ccccc1)c1ccccc1)C2. The summed E-state index contributed by atoms with van der Waals surface area (Å²) in [5, 5.41) is 0.